The molecule has 2 atom stereocenters. The fourth-order valence-electron chi connectivity index (χ4n) is 2.93. The van der Waals surface area contributed by atoms with Gasteiger partial charge in [-0.25, -0.2) is 4.79 Å². The van der Waals surface area contributed by atoms with Gasteiger partial charge in [-0.3, -0.25) is 4.79 Å². The van der Waals surface area contributed by atoms with Gasteiger partial charge in [0.05, 0.1) is 13.5 Å². The minimum Gasteiger partial charge on any atom is -0.497 e. The fraction of sp³-hybridized carbons (Fsp3) is 0.263. The predicted molar refractivity (Wildman–Crippen MR) is 102 cm³/mol. The first-order valence-electron chi connectivity index (χ1n) is 8.03. The number of amides is 1. The summed E-state index contributed by atoms with van der Waals surface area (Å²) < 4.78 is 5.12. The summed E-state index contributed by atoms with van der Waals surface area (Å²) in [4.78, 5) is 26.0. The smallest absolute Gasteiger partial charge is 0.327 e. The molecule has 5 nitrogen and oxygen atoms in total. The molecule has 1 aliphatic heterocycles. The van der Waals surface area contributed by atoms with Crippen LogP contribution in [0.4, 0.5) is 0 Å². The third-order valence-electron chi connectivity index (χ3n) is 4.22. The van der Waals surface area contributed by atoms with Crippen molar-refractivity contribution >= 4 is 35.2 Å². The number of halogens is 1. The Morgan fingerprint density at radius 1 is 1.27 bits per heavy atom. The van der Waals surface area contributed by atoms with Gasteiger partial charge in [0.15, 0.2) is 0 Å². The molecular weight excluding hydrogens is 374 g/mol. The highest BCUT2D eigenvalue weighted by atomic mass is 35.5. The molecule has 0 aliphatic carbocycles. The van der Waals surface area contributed by atoms with Crippen molar-refractivity contribution in [3.05, 3.63) is 64.7 Å². The van der Waals surface area contributed by atoms with Gasteiger partial charge >= 0.3 is 5.97 Å². The molecule has 1 heterocycles. The Bertz CT molecular complexity index is 811. The quantitative estimate of drug-likeness (QED) is 0.843. The van der Waals surface area contributed by atoms with Crippen molar-refractivity contribution in [2.24, 2.45) is 0 Å². The van der Waals surface area contributed by atoms with Crippen LogP contribution in [0.2, 0.25) is 5.02 Å². The fourth-order valence-corrected chi connectivity index (χ4v) is 4.56. The van der Waals surface area contributed by atoms with Gasteiger partial charge in [-0.05, 0) is 35.4 Å². The monoisotopic (exact) mass is 391 g/mol. The van der Waals surface area contributed by atoms with Crippen LogP contribution in [-0.2, 0) is 16.0 Å². The van der Waals surface area contributed by atoms with E-state index in [9.17, 15) is 14.7 Å². The number of hydrogen-bond acceptors (Lipinski definition) is 4. The maximum absolute atomic E-state index is 12.9. The van der Waals surface area contributed by atoms with E-state index in [0.717, 1.165) is 11.1 Å². The minimum atomic E-state index is -0.995. The van der Waals surface area contributed by atoms with E-state index in [2.05, 4.69) is 0 Å². The van der Waals surface area contributed by atoms with Crippen molar-refractivity contribution in [2.75, 3.05) is 12.9 Å². The van der Waals surface area contributed by atoms with Crippen molar-refractivity contribution in [3.8, 4) is 5.75 Å². The van der Waals surface area contributed by atoms with Crippen molar-refractivity contribution in [3.63, 3.8) is 0 Å². The number of benzene rings is 2. The van der Waals surface area contributed by atoms with Gasteiger partial charge in [-0.1, -0.05) is 35.9 Å². The highest BCUT2D eigenvalue weighted by Gasteiger charge is 2.42. The van der Waals surface area contributed by atoms with Gasteiger partial charge in [-0.15, -0.1) is 11.8 Å². The molecule has 0 bridgehead atoms. The number of carbonyl (C=O) groups is 2. The van der Waals surface area contributed by atoms with E-state index in [-0.39, 0.29) is 17.7 Å². The second kappa shape index (κ2) is 8.01. The van der Waals surface area contributed by atoms with Crippen LogP contribution in [0.5, 0.6) is 5.75 Å². The summed E-state index contributed by atoms with van der Waals surface area (Å²) in [5.41, 5.74) is 1.64. The highest BCUT2D eigenvalue weighted by molar-refractivity contribution is 7.99. The van der Waals surface area contributed by atoms with Crippen LogP contribution in [0.1, 0.15) is 16.5 Å². The van der Waals surface area contributed by atoms with E-state index in [1.807, 2.05) is 18.2 Å². The average Bonchev–Trinajstić information content (AvgIpc) is 3.08. The molecule has 2 unspecified atom stereocenters. The van der Waals surface area contributed by atoms with Crippen molar-refractivity contribution in [1.29, 1.82) is 0 Å². The number of hydrogen-bond donors (Lipinski definition) is 1. The number of carboxylic acids is 1. The molecule has 1 N–H and O–H groups in total. The lowest BCUT2D eigenvalue weighted by Crippen LogP contribution is -2.43. The van der Waals surface area contributed by atoms with E-state index >= 15 is 0 Å². The van der Waals surface area contributed by atoms with Gasteiger partial charge in [0.25, 0.3) is 0 Å². The third-order valence-corrected chi connectivity index (χ3v) is 5.78. The molecule has 26 heavy (non-hydrogen) atoms. The van der Waals surface area contributed by atoms with E-state index in [0.29, 0.717) is 16.5 Å². The Hall–Kier alpha value is -2.18. The summed E-state index contributed by atoms with van der Waals surface area (Å²) in [6.45, 7) is 0. The van der Waals surface area contributed by atoms with Crippen molar-refractivity contribution in [2.45, 2.75) is 17.8 Å². The molecule has 1 saturated heterocycles. The van der Waals surface area contributed by atoms with E-state index in [4.69, 9.17) is 16.3 Å². The van der Waals surface area contributed by atoms with Gasteiger partial charge in [0.1, 0.15) is 17.2 Å². The lowest BCUT2D eigenvalue weighted by Gasteiger charge is -2.28. The maximum atomic E-state index is 12.9. The minimum absolute atomic E-state index is 0.130. The summed E-state index contributed by atoms with van der Waals surface area (Å²) in [6, 6.07) is 13.5. The molecule has 1 amide bonds. The zero-order chi connectivity index (χ0) is 18.7. The number of carbonyl (C=O) groups excluding carboxylic acids is 1. The molecule has 2 aromatic rings. The van der Waals surface area contributed by atoms with Crippen LogP contribution in [0.3, 0.4) is 0 Å². The molecule has 1 aliphatic rings. The highest BCUT2D eigenvalue weighted by Crippen LogP contribution is 2.42. The molecule has 0 spiro atoms. The molecule has 0 saturated carbocycles. The standard InChI is InChI=1S/C19H18ClNO4S/c1-25-15-7-5-12(6-8-15)9-17(22)21-16(19(23)24)11-26-18(21)13-3-2-4-14(20)10-13/h2-8,10,16,18H,9,11H2,1H3,(H,23,24). The number of methoxy groups -OCH3 is 1. The van der Waals surface area contributed by atoms with E-state index in [1.54, 1.807) is 37.4 Å². The van der Waals surface area contributed by atoms with E-state index < -0.39 is 12.0 Å². The predicted octanol–water partition coefficient (Wildman–Crippen LogP) is 3.62. The third kappa shape index (κ3) is 3.97. The second-order valence-electron chi connectivity index (χ2n) is 5.92. The Kier molecular flexibility index (Phi) is 5.74. The van der Waals surface area contributed by atoms with Crippen LogP contribution >= 0.6 is 23.4 Å². The number of rotatable bonds is 5. The molecule has 0 aromatic heterocycles. The molecule has 7 heteroatoms. The molecular formula is C19H18ClNO4S. The van der Waals surface area contributed by atoms with Gasteiger partial charge < -0.3 is 14.7 Å². The first-order chi connectivity index (χ1) is 12.5. The van der Waals surface area contributed by atoms with Gasteiger partial charge in [0, 0.05) is 10.8 Å². The average molecular weight is 392 g/mol. The number of nitrogens with zero attached hydrogens (tertiary/aromatic N) is 1. The first-order valence-corrected chi connectivity index (χ1v) is 9.46. The molecule has 0 radical (unpaired) electrons. The van der Waals surface area contributed by atoms with Gasteiger partial charge in [0.2, 0.25) is 5.91 Å². The Morgan fingerprint density at radius 2 is 2.00 bits per heavy atom. The normalized spacial score (nSPS) is 19.4. The Balaban J connectivity index is 1.85. The van der Waals surface area contributed by atoms with Crippen LogP contribution in [0.15, 0.2) is 48.5 Å². The molecule has 136 valence electrons. The molecule has 2 aromatic carbocycles. The first kappa shape index (κ1) is 18.6. The summed E-state index contributed by atoms with van der Waals surface area (Å²) in [6.07, 6.45) is 0.130. The summed E-state index contributed by atoms with van der Waals surface area (Å²) >= 11 is 7.51. The molecule has 3 rings (SSSR count). The van der Waals surface area contributed by atoms with Crippen LogP contribution in [-0.4, -0.2) is 40.8 Å². The van der Waals surface area contributed by atoms with Crippen LogP contribution in [0.25, 0.3) is 0 Å². The summed E-state index contributed by atoms with van der Waals surface area (Å²) in [5.74, 6) is -0.165. The van der Waals surface area contributed by atoms with Crippen molar-refractivity contribution < 1.29 is 19.4 Å². The van der Waals surface area contributed by atoms with Crippen molar-refractivity contribution in [1.82, 2.24) is 4.90 Å². The topological polar surface area (TPSA) is 66.8 Å². The number of thioether (sulfide) groups is 1. The lowest BCUT2D eigenvalue weighted by atomic mass is 10.1. The summed E-state index contributed by atoms with van der Waals surface area (Å²) in [7, 11) is 1.58. The Morgan fingerprint density at radius 3 is 2.62 bits per heavy atom. The zero-order valence-electron chi connectivity index (χ0n) is 14.1. The molecule has 1 fully saturated rings. The Labute approximate surface area is 160 Å². The number of ether oxygens (including phenoxy) is 1. The van der Waals surface area contributed by atoms with Crippen LogP contribution in [0, 0.1) is 0 Å². The SMILES string of the molecule is COc1ccc(CC(=O)N2C(C(=O)O)CSC2c2cccc(Cl)c2)cc1. The second-order valence-corrected chi connectivity index (χ2v) is 7.47. The number of carboxylic acid groups (broad SMARTS) is 1. The zero-order valence-corrected chi connectivity index (χ0v) is 15.7. The lowest BCUT2D eigenvalue weighted by molar-refractivity contribution is -0.148. The van der Waals surface area contributed by atoms with Gasteiger partial charge in [-0.2, -0.15) is 0 Å². The van der Waals surface area contributed by atoms with Crippen LogP contribution < -0.4 is 4.74 Å². The maximum Gasteiger partial charge on any atom is 0.327 e. The summed E-state index contributed by atoms with van der Waals surface area (Å²) in [5, 5.41) is 9.74. The number of aliphatic carboxylic acids is 1. The largest absolute Gasteiger partial charge is 0.497 e. The van der Waals surface area contributed by atoms with E-state index in [1.165, 1.54) is 16.7 Å².